The van der Waals surface area contributed by atoms with Gasteiger partial charge in [-0.05, 0) is 252 Å². The average Bonchev–Trinajstić information content (AvgIpc) is 0.852. The van der Waals surface area contributed by atoms with Crippen molar-refractivity contribution < 1.29 is 53.2 Å². The molecule has 4 N–H and O–H groups in total. The van der Waals surface area contributed by atoms with Gasteiger partial charge in [-0.2, -0.15) is 0 Å². The molecular weight excluding hydrogens is 1510 g/mol. The minimum Gasteiger partial charge on any atom is -0.396 e. The van der Waals surface area contributed by atoms with Gasteiger partial charge < -0.3 is 48.8 Å². The van der Waals surface area contributed by atoms with Crippen molar-refractivity contribution in [2.75, 3.05) is 46.8 Å². The summed E-state index contributed by atoms with van der Waals surface area (Å²) in [5.41, 5.74) is 2.44. The lowest BCUT2D eigenvalue weighted by molar-refractivity contribution is -0.142. The van der Waals surface area contributed by atoms with E-state index in [1.807, 2.05) is 55.4 Å². The smallest absolute Gasteiger partial charge is 0.206 e. The van der Waals surface area contributed by atoms with E-state index in [1.165, 1.54) is 13.3 Å². The van der Waals surface area contributed by atoms with E-state index < -0.39 is 17.1 Å². The molecule has 0 saturated heterocycles. The topological polar surface area (TPSA) is 136 Å². The van der Waals surface area contributed by atoms with Crippen molar-refractivity contribution in [3.8, 4) is 0 Å². The maximum Gasteiger partial charge on any atom is 0.206 e. The van der Waals surface area contributed by atoms with Crippen LogP contribution in [-0.2, 0) is 28.4 Å². The summed E-state index contributed by atoms with van der Waals surface area (Å²) in [6.07, 6.45) is 8.26. The van der Waals surface area contributed by atoms with Crippen LogP contribution in [0.5, 0.6) is 0 Å². The fourth-order valence-corrected chi connectivity index (χ4v) is 13.9. The summed E-state index contributed by atoms with van der Waals surface area (Å²) in [6, 6.07) is 0. The second kappa shape index (κ2) is 64.2. The molecule has 10 nitrogen and oxygen atoms in total. The van der Waals surface area contributed by atoms with E-state index in [1.54, 1.807) is 20.1 Å². The molecule has 122 heavy (non-hydrogen) atoms. The number of hydrogen-bond donors (Lipinski definition) is 4. The third-order valence-corrected chi connectivity index (χ3v) is 27.2. The van der Waals surface area contributed by atoms with Gasteiger partial charge in [-0.15, -0.1) is 6.58 Å². The van der Waals surface area contributed by atoms with E-state index in [4.69, 9.17) is 38.6 Å². The third kappa shape index (κ3) is 81.3. The Hall–Kier alpha value is -0.730. The second-order valence-electron chi connectivity index (χ2n) is 52.1. The molecule has 0 bridgehead atoms. The molecule has 0 aromatic rings. The zero-order valence-electron chi connectivity index (χ0n) is 96.4. The average molecular weight is 1760 g/mol. The first kappa shape index (κ1) is 144. The fourth-order valence-electron chi connectivity index (χ4n) is 13.9. The van der Waals surface area contributed by atoms with Gasteiger partial charge in [0.15, 0.2) is 0 Å². The lowest BCUT2D eigenvalue weighted by atomic mass is 9.68. The molecule has 16 unspecified atom stereocenters. The number of aliphatic hydroxyl groups excluding tert-OH is 1. The highest BCUT2D eigenvalue weighted by Gasteiger charge is 2.38. The predicted molar refractivity (Wildman–Crippen MR) is 549 cm³/mol. The summed E-state index contributed by atoms with van der Waals surface area (Å²) in [4.78, 5) is 0. The van der Waals surface area contributed by atoms with Gasteiger partial charge in [0, 0.05) is 46.1 Å². The van der Waals surface area contributed by atoms with Crippen molar-refractivity contribution in [3.05, 3.63) is 12.7 Å². The fraction of sp³-hybridized carbons (Fsp3) is 0.982. The summed E-state index contributed by atoms with van der Waals surface area (Å²) < 4.78 is 46.1. The molecule has 0 spiro atoms. The van der Waals surface area contributed by atoms with Crippen LogP contribution < -0.4 is 0 Å². The SMILES string of the molecule is C=CCOC(C)C(C)C(C)(C)C.CC(C(C)(C)C)C(C)(C)C.CC(C(C)(C)C)C(C)(C)O.CC(C(C)(C)C)C(C)(C)O.CC(C(C)(C)C)C(C)(O)F.CC(C)C(CCO)C(C)(C)C.CC(C)OC(C)C(C)C(C)(C)C.CCCOC(C)C(C)C(C)(C)C.CCCOC(C)C(C)C(C)(C)C.CCOC(C)C(C)C(C)(C)C.COCCC(C(C)C)C(C)(C)C. The van der Waals surface area contributed by atoms with Gasteiger partial charge in [0.05, 0.1) is 54.4 Å². The number of alkyl halides is 1. The normalized spacial score (nSPS) is 17.2. The number of aliphatic hydroxyl groups is 4. The van der Waals surface area contributed by atoms with Crippen molar-refractivity contribution in [2.24, 2.45) is 142 Å². The zero-order valence-corrected chi connectivity index (χ0v) is 96.4. The molecule has 0 aromatic heterocycles. The van der Waals surface area contributed by atoms with Crippen molar-refractivity contribution in [2.45, 2.75) is 522 Å². The van der Waals surface area contributed by atoms with Crippen LogP contribution in [-0.4, -0.2) is 121 Å². The Kier molecular flexibility index (Phi) is 75.9. The van der Waals surface area contributed by atoms with Gasteiger partial charge in [-0.25, -0.2) is 4.39 Å². The summed E-state index contributed by atoms with van der Waals surface area (Å²) in [5.74, 6) is 4.82. The lowest BCUT2D eigenvalue weighted by Crippen LogP contribution is -2.37. The Morgan fingerprint density at radius 1 is 0.295 bits per heavy atom. The van der Waals surface area contributed by atoms with Crippen molar-refractivity contribution in [3.63, 3.8) is 0 Å². The lowest BCUT2D eigenvalue weighted by Gasteiger charge is -2.38. The second-order valence-corrected chi connectivity index (χ2v) is 52.1. The largest absolute Gasteiger partial charge is 0.396 e. The van der Waals surface area contributed by atoms with E-state index in [0.29, 0.717) is 152 Å². The highest BCUT2D eigenvalue weighted by Crippen LogP contribution is 2.42. The standard InChI is InChI=1S/4C11H24O.C11H22O.2C10H22O.C10H22.2C9H20O.C8H17FO/c1-9(2)10(7-8-12-6)11(3,4)5;1-8(2)12-10(4)9(3)11(5,6)7;3*1-7-8-12-10(3)9(2)11(4,5)6;1-8(2)9(6-7-11)10(3,4)5;1-7-11-9(3)8(2)10(4,5)6;1-8(9(2,3)4)10(5,6)7;2*1-7(8(2,3)4)9(5,6)10;1-6(7(2,3)4)8(5,9)10/h9-10H,7-8H2,1-6H3;8-10H,1-7H3;2*9-10H,7-8H2,1-6H3;7,9-10H,1,8H2,2-6H3;8-9,11H,6-7H2,1-5H3;8-9H,7H2,1-6H3;8H,1-7H3;2*7,10H,1-6H3;6,10H,1-5H3. The molecule has 0 aliphatic heterocycles. The maximum atomic E-state index is 12.8. The summed E-state index contributed by atoms with van der Waals surface area (Å²) in [5, 5.41) is 37.0. The Balaban J connectivity index is -0.000000124. The number of rotatable bonds is 28. The molecule has 0 aliphatic rings. The molecule has 0 rings (SSSR count). The van der Waals surface area contributed by atoms with Crippen molar-refractivity contribution >= 4 is 0 Å². The van der Waals surface area contributed by atoms with E-state index in [0.717, 1.165) is 63.4 Å². The zero-order chi connectivity index (χ0) is 101. The summed E-state index contributed by atoms with van der Waals surface area (Å²) >= 11 is 0. The van der Waals surface area contributed by atoms with Crippen LogP contribution in [0.15, 0.2) is 12.7 Å². The molecular formula is C111H241FO10. The predicted octanol–water partition coefficient (Wildman–Crippen LogP) is 33.8. The quantitative estimate of drug-likeness (QED) is 0.0561. The third-order valence-electron chi connectivity index (χ3n) is 27.2. The first-order chi connectivity index (χ1) is 53.2. The Morgan fingerprint density at radius 2 is 0.525 bits per heavy atom. The van der Waals surface area contributed by atoms with Crippen molar-refractivity contribution in [1.82, 2.24) is 0 Å². The van der Waals surface area contributed by atoms with Gasteiger partial charge >= 0.3 is 0 Å². The first-order valence-electron chi connectivity index (χ1n) is 48.9. The minimum atomic E-state index is -2.06. The molecule has 0 amide bonds. The highest BCUT2D eigenvalue weighted by molar-refractivity contribution is 4.87. The molecule has 0 radical (unpaired) electrons. The number of halogens is 1. The molecule has 0 saturated carbocycles. The van der Waals surface area contributed by atoms with Gasteiger partial charge in [0.1, 0.15) is 0 Å². The monoisotopic (exact) mass is 1750 g/mol. The van der Waals surface area contributed by atoms with Crippen molar-refractivity contribution in [1.29, 1.82) is 0 Å². The number of ether oxygens (including phenoxy) is 6. The summed E-state index contributed by atoms with van der Waals surface area (Å²) in [6.45, 7) is 147. The van der Waals surface area contributed by atoms with Gasteiger partial charge in [-0.3, -0.25) is 0 Å². The Bertz CT molecular complexity index is 2150. The van der Waals surface area contributed by atoms with E-state index >= 15 is 0 Å². The van der Waals surface area contributed by atoms with E-state index in [-0.39, 0.29) is 22.2 Å². The van der Waals surface area contributed by atoms with Crippen LogP contribution in [0.2, 0.25) is 0 Å². The Labute approximate surface area is 772 Å². The Morgan fingerprint density at radius 3 is 0.656 bits per heavy atom. The first-order valence-corrected chi connectivity index (χ1v) is 48.9. The van der Waals surface area contributed by atoms with Crippen LogP contribution in [0.25, 0.3) is 0 Å². The molecule has 0 heterocycles. The molecule has 11 heteroatoms. The molecule has 752 valence electrons. The maximum absolute atomic E-state index is 12.8. The van der Waals surface area contributed by atoms with Crippen LogP contribution >= 0.6 is 0 Å². The number of methoxy groups -OCH3 is 1. The van der Waals surface area contributed by atoms with Crippen LogP contribution in [0.3, 0.4) is 0 Å². The van der Waals surface area contributed by atoms with E-state index in [9.17, 15) is 14.6 Å². The number of hydrogen-bond acceptors (Lipinski definition) is 10. The van der Waals surface area contributed by atoms with Gasteiger partial charge in [0.25, 0.3) is 0 Å². The minimum absolute atomic E-state index is 0.182. The molecule has 0 aliphatic carbocycles. The highest BCUT2D eigenvalue weighted by atomic mass is 19.2. The summed E-state index contributed by atoms with van der Waals surface area (Å²) in [7, 11) is 1.78. The van der Waals surface area contributed by atoms with Gasteiger partial charge in [-0.1, -0.05) is 359 Å². The van der Waals surface area contributed by atoms with Gasteiger partial charge in [0.2, 0.25) is 5.85 Å². The molecule has 0 fully saturated rings. The van der Waals surface area contributed by atoms with E-state index in [2.05, 4.69) is 380 Å². The van der Waals surface area contributed by atoms with Crippen LogP contribution in [0, 0.1) is 142 Å². The van der Waals surface area contributed by atoms with Crippen LogP contribution in [0.1, 0.15) is 469 Å². The molecule has 0 aromatic carbocycles. The van der Waals surface area contributed by atoms with Crippen LogP contribution in [0.4, 0.5) is 4.39 Å². The molecule has 16 atom stereocenters.